The summed E-state index contributed by atoms with van der Waals surface area (Å²) in [6.45, 7) is 5.16. The summed E-state index contributed by atoms with van der Waals surface area (Å²) in [6, 6.07) is 9.31. The summed E-state index contributed by atoms with van der Waals surface area (Å²) in [5.41, 5.74) is 13.0. The molecule has 1 aliphatic carbocycles. The second kappa shape index (κ2) is 8.49. The van der Waals surface area contributed by atoms with Gasteiger partial charge in [-0.2, -0.15) is 0 Å². The number of carbonyl (C=O) groups is 2. The molecule has 138 valence electrons. The summed E-state index contributed by atoms with van der Waals surface area (Å²) in [4.78, 5) is 19.1. The SMILES string of the molecule is CCc1ccc2c(c1)-c1c(ccn1C[C@H](C)N)C2.O=C(O)C=CC(=O)O. The first-order valence-electron chi connectivity index (χ1n) is 8.51. The number of carboxylic acids is 2. The molecule has 1 aliphatic rings. The van der Waals surface area contributed by atoms with Crippen molar-refractivity contribution in [1.82, 2.24) is 4.57 Å². The van der Waals surface area contributed by atoms with Gasteiger partial charge in [-0.05, 0) is 42.2 Å². The van der Waals surface area contributed by atoms with Crippen molar-refractivity contribution in [3.8, 4) is 11.3 Å². The maximum atomic E-state index is 9.55. The van der Waals surface area contributed by atoms with Crippen LogP contribution in [0.1, 0.15) is 30.5 Å². The van der Waals surface area contributed by atoms with E-state index in [1.54, 1.807) is 0 Å². The Balaban J connectivity index is 0.000000260. The number of fused-ring (bicyclic) bond motifs is 3. The quantitative estimate of drug-likeness (QED) is 0.610. The van der Waals surface area contributed by atoms with Crippen LogP contribution in [-0.2, 0) is 29.0 Å². The molecule has 1 atom stereocenters. The van der Waals surface area contributed by atoms with Gasteiger partial charge in [0.05, 0.1) is 5.69 Å². The maximum Gasteiger partial charge on any atom is 0.328 e. The number of aromatic nitrogens is 1. The third-order valence-electron chi connectivity index (χ3n) is 4.12. The molecule has 0 radical (unpaired) electrons. The molecule has 4 N–H and O–H groups in total. The van der Waals surface area contributed by atoms with E-state index in [9.17, 15) is 9.59 Å². The Kier molecular flexibility index (Phi) is 6.36. The van der Waals surface area contributed by atoms with Crippen molar-refractivity contribution in [2.75, 3.05) is 0 Å². The number of hydrogen-bond donors (Lipinski definition) is 3. The van der Waals surface area contributed by atoms with Gasteiger partial charge in [-0.25, -0.2) is 9.59 Å². The van der Waals surface area contributed by atoms with Crippen LogP contribution in [0.3, 0.4) is 0 Å². The van der Waals surface area contributed by atoms with Gasteiger partial charge in [0, 0.05) is 42.9 Å². The molecule has 0 amide bonds. The molecule has 1 heterocycles. The van der Waals surface area contributed by atoms with E-state index in [1.165, 1.54) is 27.9 Å². The van der Waals surface area contributed by atoms with Gasteiger partial charge >= 0.3 is 11.9 Å². The molecular formula is C20H24N2O4. The molecule has 2 aromatic rings. The molecule has 0 bridgehead atoms. The van der Waals surface area contributed by atoms with E-state index >= 15 is 0 Å². The van der Waals surface area contributed by atoms with Gasteiger partial charge in [0.1, 0.15) is 0 Å². The molecule has 1 aromatic heterocycles. The maximum absolute atomic E-state index is 9.55. The highest BCUT2D eigenvalue weighted by molar-refractivity contribution is 5.89. The van der Waals surface area contributed by atoms with E-state index in [4.69, 9.17) is 15.9 Å². The Morgan fingerprint density at radius 2 is 1.85 bits per heavy atom. The Labute approximate surface area is 152 Å². The fourth-order valence-corrected chi connectivity index (χ4v) is 3.02. The molecule has 6 nitrogen and oxygen atoms in total. The van der Waals surface area contributed by atoms with E-state index in [0.29, 0.717) is 12.2 Å². The Hall–Kier alpha value is -2.86. The lowest BCUT2D eigenvalue weighted by Crippen LogP contribution is -2.22. The van der Waals surface area contributed by atoms with Crippen LogP contribution in [0.5, 0.6) is 0 Å². The van der Waals surface area contributed by atoms with Crippen LogP contribution in [0.25, 0.3) is 11.3 Å². The summed E-state index contributed by atoms with van der Waals surface area (Å²) in [6.07, 6.45) is 5.46. The number of rotatable bonds is 5. The van der Waals surface area contributed by atoms with Crippen molar-refractivity contribution in [2.45, 2.75) is 39.3 Å². The van der Waals surface area contributed by atoms with Gasteiger partial charge in [0.25, 0.3) is 0 Å². The number of aliphatic carboxylic acids is 2. The van der Waals surface area contributed by atoms with Crippen LogP contribution in [0, 0.1) is 0 Å². The molecule has 3 rings (SSSR count). The van der Waals surface area contributed by atoms with Crippen LogP contribution < -0.4 is 5.73 Å². The fraction of sp³-hybridized carbons (Fsp3) is 0.300. The number of hydrogen-bond acceptors (Lipinski definition) is 3. The first-order valence-corrected chi connectivity index (χ1v) is 8.51. The van der Waals surface area contributed by atoms with E-state index in [2.05, 4.69) is 48.9 Å². The molecule has 0 saturated carbocycles. The molecule has 0 fully saturated rings. The summed E-state index contributed by atoms with van der Waals surface area (Å²) in [5, 5.41) is 15.6. The molecule has 0 spiro atoms. The third kappa shape index (κ3) is 4.83. The van der Waals surface area contributed by atoms with Gasteiger partial charge in [0.15, 0.2) is 0 Å². The monoisotopic (exact) mass is 356 g/mol. The van der Waals surface area contributed by atoms with Crippen molar-refractivity contribution in [3.63, 3.8) is 0 Å². The number of nitrogens with two attached hydrogens (primary N) is 1. The van der Waals surface area contributed by atoms with Crippen molar-refractivity contribution in [3.05, 3.63) is 59.3 Å². The topological polar surface area (TPSA) is 106 Å². The minimum atomic E-state index is -1.26. The molecule has 0 saturated heterocycles. The average Bonchev–Trinajstić information content (AvgIpc) is 3.12. The standard InChI is InChI=1S/C16H20N2.C4H4O4/c1-3-12-4-5-13-9-14-6-7-18(10-11(2)17)16(14)15(13)8-12;5-3(6)1-2-4(7)8/h4-8,11H,3,9-10,17H2,1-2H3;1-2H,(H,5,6)(H,7,8)/t11-;/m0./s1. The van der Waals surface area contributed by atoms with Crippen LogP contribution in [-0.4, -0.2) is 32.8 Å². The largest absolute Gasteiger partial charge is 0.478 e. The van der Waals surface area contributed by atoms with Gasteiger partial charge in [0.2, 0.25) is 0 Å². The second-order valence-corrected chi connectivity index (χ2v) is 6.35. The zero-order valence-electron chi connectivity index (χ0n) is 15.0. The van der Waals surface area contributed by atoms with Crippen molar-refractivity contribution < 1.29 is 19.8 Å². The minimum absolute atomic E-state index is 0.194. The van der Waals surface area contributed by atoms with Crippen LogP contribution in [0.4, 0.5) is 0 Å². The summed E-state index contributed by atoms with van der Waals surface area (Å²) in [5.74, 6) is -2.51. The summed E-state index contributed by atoms with van der Waals surface area (Å²) >= 11 is 0. The highest BCUT2D eigenvalue weighted by Crippen LogP contribution is 2.38. The Morgan fingerprint density at radius 1 is 1.19 bits per heavy atom. The van der Waals surface area contributed by atoms with Gasteiger partial charge < -0.3 is 20.5 Å². The molecule has 26 heavy (non-hydrogen) atoms. The van der Waals surface area contributed by atoms with Crippen molar-refractivity contribution >= 4 is 11.9 Å². The average molecular weight is 356 g/mol. The number of carboxylic acid groups (broad SMARTS) is 2. The Bertz CT molecular complexity index is 818. The number of aryl methyl sites for hydroxylation is 1. The van der Waals surface area contributed by atoms with E-state index in [-0.39, 0.29) is 6.04 Å². The highest BCUT2D eigenvalue weighted by Gasteiger charge is 2.22. The van der Waals surface area contributed by atoms with Crippen molar-refractivity contribution in [1.29, 1.82) is 0 Å². The minimum Gasteiger partial charge on any atom is -0.478 e. The fourth-order valence-electron chi connectivity index (χ4n) is 3.02. The molecule has 0 aliphatic heterocycles. The second-order valence-electron chi connectivity index (χ2n) is 6.35. The van der Waals surface area contributed by atoms with E-state index in [0.717, 1.165) is 19.4 Å². The van der Waals surface area contributed by atoms with Gasteiger partial charge in [-0.15, -0.1) is 0 Å². The predicted molar refractivity (Wildman–Crippen MR) is 100 cm³/mol. The lowest BCUT2D eigenvalue weighted by Gasteiger charge is -2.12. The van der Waals surface area contributed by atoms with Crippen LogP contribution in [0.2, 0.25) is 0 Å². The number of benzene rings is 1. The zero-order valence-corrected chi connectivity index (χ0v) is 15.0. The number of nitrogens with zero attached hydrogens (tertiary/aromatic N) is 1. The smallest absolute Gasteiger partial charge is 0.328 e. The molecule has 1 aromatic carbocycles. The predicted octanol–water partition coefficient (Wildman–Crippen LogP) is 2.68. The normalized spacial score (nSPS) is 12.9. The zero-order chi connectivity index (χ0) is 19.3. The Morgan fingerprint density at radius 3 is 2.38 bits per heavy atom. The molecule has 0 unspecified atom stereocenters. The molecule has 6 heteroatoms. The third-order valence-corrected chi connectivity index (χ3v) is 4.12. The van der Waals surface area contributed by atoms with Crippen LogP contribution in [0.15, 0.2) is 42.6 Å². The first-order chi connectivity index (χ1) is 12.3. The first kappa shape index (κ1) is 19.5. The van der Waals surface area contributed by atoms with E-state index in [1.807, 2.05) is 0 Å². The van der Waals surface area contributed by atoms with Gasteiger partial charge in [-0.3, -0.25) is 0 Å². The summed E-state index contributed by atoms with van der Waals surface area (Å²) < 4.78 is 2.31. The molecular weight excluding hydrogens is 332 g/mol. The van der Waals surface area contributed by atoms with Crippen LogP contribution >= 0.6 is 0 Å². The van der Waals surface area contributed by atoms with E-state index < -0.39 is 11.9 Å². The highest BCUT2D eigenvalue weighted by atomic mass is 16.4. The lowest BCUT2D eigenvalue weighted by molar-refractivity contribution is -0.134. The lowest BCUT2D eigenvalue weighted by atomic mass is 10.0. The van der Waals surface area contributed by atoms with Gasteiger partial charge in [-0.1, -0.05) is 19.1 Å². The van der Waals surface area contributed by atoms with Crippen molar-refractivity contribution in [2.24, 2.45) is 5.73 Å². The summed E-state index contributed by atoms with van der Waals surface area (Å²) in [7, 11) is 0.